The van der Waals surface area contributed by atoms with Crippen LogP contribution in [0.25, 0.3) is 0 Å². The Morgan fingerprint density at radius 3 is 2.60 bits per heavy atom. The van der Waals surface area contributed by atoms with Gasteiger partial charge in [0, 0.05) is 5.56 Å². The molecule has 15 heavy (non-hydrogen) atoms. The van der Waals surface area contributed by atoms with Gasteiger partial charge in [-0.25, -0.2) is 0 Å². The van der Waals surface area contributed by atoms with Gasteiger partial charge in [0.15, 0.2) is 0 Å². The summed E-state index contributed by atoms with van der Waals surface area (Å²) in [5.41, 5.74) is 0.905. The second-order valence-electron chi connectivity index (χ2n) is 3.74. The monoisotopic (exact) mass is 202 g/mol. The van der Waals surface area contributed by atoms with E-state index in [1.165, 1.54) is 12.8 Å². The van der Waals surface area contributed by atoms with Gasteiger partial charge in [0.05, 0.1) is 6.61 Å². The molecule has 2 rings (SSSR count). The van der Waals surface area contributed by atoms with E-state index in [-0.39, 0.29) is 6.61 Å². The molecular weight excluding hydrogens is 188 g/mol. The predicted molar refractivity (Wildman–Crippen MR) is 58.6 cm³/mol. The van der Waals surface area contributed by atoms with Gasteiger partial charge in [-0.1, -0.05) is 11.8 Å². The van der Waals surface area contributed by atoms with Crippen molar-refractivity contribution in [1.82, 2.24) is 0 Å². The third-order valence-corrected chi connectivity index (χ3v) is 2.35. The first kappa shape index (κ1) is 10.1. The van der Waals surface area contributed by atoms with Crippen molar-refractivity contribution in [2.45, 2.75) is 12.8 Å². The Morgan fingerprint density at radius 2 is 2.00 bits per heavy atom. The van der Waals surface area contributed by atoms with Gasteiger partial charge in [0.1, 0.15) is 12.4 Å². The normalized spacial score (nSPS) is 14.2. The van der Waals surface area contributed by atoms with E-state index in [2.05, 4.69) is 11.8 Å². The predicted octanol–water partition coefficient (Wildman–Crippen LogP) is 1.82. The maximum Gasteiger partial charge on any atom is 0.119 e. The highest BCUT2D eigenvalue weighted by Gasteiger charge is 2.21. The van der Waals surface area contributed by atoms with Crippen LogP contribution < -0.4 is 4.74 Å². The largest absolute Gasteiger partial charge is 0.493 e. The molecule has 1 aliphatic rings. The molecule has 0 saturated heterocycles. The topological polar surface area (TPSA) is 29.5 Å². The molecule has 1 fully saturated rings. The highest BCUT2D eigenvalue weighted by Crippen LogP contribution is 2.29. The molecule has 1 aromatic carbocycles. The number of benzene rings is 1. The molecule has 0 heterocycles. The second kappa shape index (κ2) is 4.86. The lowest BCUT2D eigenvalue weighted by Gasteiger charge is -2.04. The second-order valence-corrected chi connectivity index (χ2v) is 3.74. The third kappa shape index (κ3) is 3.30. The van der Waals surface area contributed by atoms with Gasteiger partial charge in [-0.15, -0.1) is 0 Å². The first-order valence-electron chi connectivity index (χ1n) is 5.21. The van der Waals surface area contributed by atoms with E-state index in [4.69, 9.17) is 9.84 Å². The van der Waals surface area contributed by atoms with Crippen molar-refractivity contribution in [2.75, 3.05) is 13.2 Å². The molecule has 1 aromatic rings. The Balaban J connectivity index is 1.90. The minimum absolute atomic E-state index is 0.0973. The van der Waals surface area contributed by atoms with Gasteiger partial charge >= 0.3 is 0 Å². The molecule has 0 unspecified atom stereocenters. The van der Waals surface area contributed by atoms with Crippen LogP contribution in [0.15, 0.2) is 24.3 Å². The number of aliphatic hydroxyl groups is 1. The van der Waals surface area contributed by atoms with E-state index in [0.717, 1.165) is 23.8 Å². The number of aliphatic hydroxyl groups excluding tert-OH is 1. The maximum atomic E-state index is 8.54. The lowest BCUT2D eigenvalue weighted by Crippen LogP contribution is -1.98. The Kier molecular flexibility index (Phi) is 3.26. The molecular formula is C13H14O2. The highest BCUT2D eigenvalue weighted by molar-refractivity contribution is 5.38. The molecule has 0 bridgehead atoms. The zero-order valence-corrected chi connectivity index (χ0v) is 8.57. The van der Waals surface area contributed by atoms with Gasteiger partial charge in [-0.05, 0) is 43.0 Å². The van der Waals surface area contributed by atoms with Gasteiger partial charge in [0.2, 0.25) is 0 Å². The number of ether oxygens (including phenoxy) is 1. The molecule has 78 valence electrons. The van der Waals surface area contributed by atoms with Crippen LogP contribution in [-0.2, 0) is 0 Å². The van der Waals surface area contributed by atoms with Crippen molar-refractivity contribution in [3.05, 3.63) is 29.8 Å². The molecule has 1 saturated carbocycles. The van der Waals surface area contributed by atoms with Gasteiger partial charge < -0.3 is 9.84 Å². The average Bonchev–Trinajstić information content (AvgIpc) is 3.09. The van der Waals surface area contributed by atoms with Crippen molar-refractivity contribution in [2.24, 2.45) is 5.92 Å². The summed E-state index contributed by atoms with van der Waals surface area (Å²) >= 11 is 0. The molecule has 0 spiro atoms. The third-order valence-electron chi connectivity index (χ3n) is 2.35. The minimum atomic E-state index is -0.0973. The average molecular weight is 202 g/mol. The molecule has 0 aromatic heterocycles. The Hall–Kier alpha value is -1.46. The summed E-state index contributed by atoms with van der Waals surface area (Å²) in [6, 6.07) is 7.66. The first-order chi connectivity index (χ1) is 7.38. The lowest BCUT2D eigenvalue weighted by atomic mass is 10.2. The fraction of sp³-hybridized carbons (Fsp3) is 0.385. The molecule has 0 atom stereocenters. The van der Waals surface area contributed by atoms with Gasteiger partial charge in [-0.2, -0.15) is 0 Å². The summed E-state index contributed by atoms with van der Waals surface area (Å²) in [6.45, 7) is 0.738. The molecule has 1 aliphatic carbocycles. The van der Waals surface area contributed by atoms with Crippen LogP contribution in [0.1, 0.15) is 18.4 Å². The molecule has 1 N–H and O–H groups in total. The van der Waals surface area contributed by atoms with Crippen LogP contribution in [-0.4, -0.2) is 18.3 Å². The molecule has 0 amide bonds. The number of hydrogen-bond acceptors (Lipinski definition) is 2. The first-order valence-corrected chi connectivity index (χ1v) is 5.21. The van der Waals surface area contributed by atoms with E-state index in [1.807, 2.05) is 24.3 Å². The standard InChI is InChI=1S/C13H14O2/c14-9-1-2-11-5-7-13(8-6-11)15-10-12-3-4-12/h5-8,12,14H,3-4,9-10H2. The van der Waals surface area contributed by atoms with Crippen LogP contribution in [0.4, 0.5) is 0 Å². The summed E-state index contributed by atoms with van der Waals surface area (Å²) in [5, 5.41) is 8.54. The zero-order valence-electron chi connectivity index (χ0n) is 8.57. The van der Waals surface area contributed by atoms with Crippen molar-refractivity contribution in [3.63, 3.8) is 0 Å². The molecule has 0 radical (unpaired) electrons. The lowest BCUT2D eigenvalue weighted by molar-refractivity contribution is 0.300. The fourth-order valence-electron chi connectivity index (χ4n) is 1.27. The van der Waals surface area contributed by atoms with Crippen molar-refractivity contribution >= 4 is 0 Å². The summed E-state index contributed by atoms with van der Waals surface area (Å²) in [5.74, 6) is 7.13. The smallest absolute Gasteiger partial charge is 0.119 e. The van der Waals surface area contributed by atoms with Gasteiger partial charge in [-0.3, -0.25) is 0 Å². The van der Waals surface area contributed by atoms with E-state index >= 15 is 0 Å². The summed E-state index contributed by atoms with van der Waals surface area (Å²) in [6.07, 6.45) is 2.61. The van der Waals surface area contributed by atoms with Crippen LogP contribution in [0.5, 0.6) is 5.75 Å². The van der Waals surface area contributed by atoms with Crippen LogP contribution >= 0.6 is 0 Å². The van der Waals surface area contributed by atoms with Crippen molar-refractivity contribution in [3.8, 4) is 17.6 Å². The van der Waals surface area contributed by atoms with Crippen molar-refractivity contribution < 1.29 is 9.84 Å². The SMILES string of the molecule is OCC#Cc1ccc(OCC2CC2)cc1. The summed E-state index contributed by atoms with van der Waals surface area (Å²) in [4.78, 5) is 0. The van der Waals surface area contributed by atoms with Crippen molar-refractivity contribution in [1.29, 1.82) is 0 Å². The molecule has 2 nitrogen and oxygen atoms in total. The fourth-order valence-corrected chi connectivity index (χ4v) is 1.27. The molecule has 0 aliphatic heterocycles. The zero-order chi connectivity index (χ0) is 10.5. The van der Waals surface area contributed by atoms with E-state index in [1.54, 1.807) is 0 Å². The number of rotatable bonds is 3. The van der Waals surface area contributed by atoms with E-state index in [9.17, 15) is 0 Å². The van der Waals surface area contributed by atoms with Gasteiger partial charge in [0.25, 0.3) is 0 Å². The van der Waals surface area contributed by atoms with E-state index < -0.39 is 0 Å². The summed E-state index contributed by atoms with van der Waals surface area (Å²) < 4.78 is 5.59. The Morgan fingerprint density at radius 1 is 1.27 bits per heavy atom. The minimum Gasteiger partial charge on any atom is -0.493 e. The highest BCUT2D eigenvalue weighted by atomic mass is 16.5. The van der Waals surface area contributed by atoms with Crippen LogP contribution in [0.2, 0.25) is 0 Å². The van der Waals surface area contributed by atoms with E-state index in [0.29, 0.717) is 0 Å². The maximum absolute atomic E-state index is 8.54. The quantitative estimate of drug-likeness (QED) is 0.757. The summed E-state index contributed by atoms with van der Waals surface area (Å²) in [7, 11) is 0. The number of hydrogen-bond donors (Lipinski definition) is 1. The van der Waals surface area contributed by atoms with Crippen LogP contribution in [0, 0.1) is 17.8 Å². The van der Waals surface area contributed by atoms with Crippen LogP contribution in [0.3, 0.4) is 0 Å². The Labute approximate surface area is 89.9 Å². The molecule has 2 heteroatoms. The Bertz CT molecular complexity index is 366.